The second-order valence-electron chi connectivity index (χ2n) is 7.68. The van der Waals surface area contributed by atoms with Crippen LogP contribution in [0.3, 0.4) is 0 Å². The maximum absolute atomic E-state index is 3.25. The first-order valence-corrected chi connectivity index (χ1v) is 11.3. The summed E-state index contributed by atoms with van der Waals surface area (Å²) < 4.78 is 0. The van der Waals surface area contributed by atoms with Gasteiger partial charge in [-0.05, 0) is 72.2 Å². The lowest BCUT2D eigenvalue weighted by atomic mass is 10.0. The Hall–Kier alpha value is -5.76. The van der Waals surface area contributed by atoms with Crippen LogP contribution in [-0.4, -0.2) is 0 Å². The summed E-state index contributed by atoms with van der Waals surface area (Å²) in [4.78, 5) is 0. The van der Waals surface area contributed by atoms with E-state index in [0.29, 0.717) is 0 Å². The lowest BCUT2D eigenvalue weighted by Crippen LogP contribution is -1.86. The Morgan fingerprint density at radius 3 is 0.583 bits per heavy atom. The Kier molecular flexibility index (Phi) is 6.68. The zero-order chi connectivity index (χ0) is 24.4. The molecule has 160 valence electrons. The number of hydrogen-bond acceptors (Lipinski definition) is 0. The average Bonchev–Trinajstić information content (AvgIpc) is 2.93. The van der Waals surface area contributed by atoms with E-state index in [2.05, 4.69) is 71.0 Å². The summed E-state index contributed by atoms with van der Waals surface area (Å²) in [5, 5.41) is 0. The van der Waals surface area contributed by atoms with Gasteiger partial charge in [0.05, 0.1) is 0 Å². The average molecular weight is 449 g/mol. The summed E-state index contributed by atoms with van der Waals surface area (Å²) in [5.74, 6) is 37.5. The summed E-state index contributed by atoms with van der Waals surface area (Å²) in [6, 6.07) is 31.2. The zero-order valence-corrected chi connectivity index (χ0v) is 19.2. The lowest BCUT2D eigenvalue weighted by molar-refractivity contribution is 1.56. The first-order chi connectivity index (χ1) is 17.9. The first kappa shape index (κ1) is 22.1. The Labute approximate surface area is 212 Å². The molecule has 0 saturated heterocycles. The van der Waals surface area contributed by atoms with Crippen LogP contribution < -0.4 is 0 Å². The summed E-state index contributed by atoms with van der Waals surface area (Å²) in [6.07, 6.45) is 0. The standard InChI is InChI=1S/C36H16/c1-2-14-30-18-6-10-22-34(30)27-28-36-24-12-8-20-32(36)16-4-3-15-31-19-7-11-23-35(31)26-25-33-21-9-5-17-29(33)13-1/h5-12,17-24H. The van der Waals surface area contributed by atoms with Crippen molar-refractivity contribution < 1.29 is 0 Å². The lowest BCUT2D eigenvalue weighted by Gasteiger charge is -1.97. The molecule has 0 amide bonds. The van der Waals surface area contributed by atoms with Crippen molar-refractivity contribution >= 4 is 0 Å². The molecule has 0 aromatic heterocycles. The molecule has 0 atom stereocenters. The van der Waals surface area contributed by atoms with E-state index in [1.165, 1.54) is 0 Å². The normalized spacial score (nSPS) is 10.2. The van der Waals surface area contributed by atoms with Gasteiger partial charge in [0, 0.05) is 44.5 Å². The molecule has 0 saturated carbocycles. The topological polar surface area (TPSA) is 0 Å². The maximum atomic E-state index is 3.25. The van der Waals surface area contributed by atoms with Crippen LogP contribution in [0.1, 0.15) is 44.5 Å². The summed E-state index contributed by atoms with van der Waals surface area (Å²) in [5.41, 5.74) is 6.66. The Balaban J connectivity index is 1.68. The molecule has 0 bridgehead atoms. The van der Waals surface area contributed by atoms with Crippen molar-refractivity contribution in [3.8, 4) is 71.0 Å². The maximum Gasteiger partial charge on any atom is 0.0412 e. The predicted molar refractivity (Wildman–Crippen MR) is 145 cm³/mol. The van der Waals surface area contributed by atoms with Crippen LogP contribution in [0, 0.1) is 71.0 Å². The molecule has 0 heteroatoms. The third-order valence-corrected chi connectivity index (χ3v) is 5.29. The Morgan fingerprint density at radius 1 is 0.222 bits per heavy atom. The van der Waals surface area contributed by atoms with Crippen LogP contribution in [0.5, 0.6) is 0 Å². The molecule has 5 rings (SSSR count). The van der Waals surface area contributed by atoms with E-state index < -0.39 is 0 Å². The molecule has 0 fully saturated rings. The van der Waals surface area contributed by atoms with Crippen LogP contribution in [0.15, 0.2) is 97.1 Å². The highest BCUT2D eigenvalue weighted by atomic mass is 14.0. The molecule has 0 unspecified atom stereocenters. The van der Waals surface area contributed by atoms with Crippen molar-refractivity contribution in [2.75, 3.05) is 0 Å². The van der Waals surface area contributed by atoms with E-state index in [1.54, 1.807) is 0 Å². The highest BCUT2D eigenvalue weighted by Crippen LogP contribution is 2.11. The smallest absolute Gasteiger partial charge is 0.0412 e. The monoisotopic (exact) mass is 448 g/mol. The largest absolute Gasteiger partial charge is 0.0609 e. The molecule has 36 heavy (non-hydrogen) atoms. The molecule has 1 aliphatic carbocycles. The number of benzene rings is 4. The molecule has 0 heterocycles. The molecular formula is C36H16. The van der Waals surface area contributed by atoms with E-state index in [0.717, 1.165) is 44.5 Å². The third kappa shape index (κ3) is 5.41. The highest BCUT2D eigenvalue weighted by molar-refractivity contribution is 5.60. The van der Waals surface area contributed by atoms with E-state index in [9.17, 15) is 0 Å². The third-order valence-electron chi connectivity index (χ3n) is 5.29. The summed E-state index contributed by atoms with van der Waals surface area (Å²) in [6.45, 7) is 0. The molecule has 0 aliphatic heterocycles. The van der Waals surface area contributed by atoms with Crippen molar-refractivity contribution in [3.05, 3.63) is 142 Å². The van der Waals surface area contributed by atoms with Crippen LogP contribution in [-0.2, 0) is 0 Å². The molecule has 0 nitrogen and oxygen atoms in total. The van der Waals surface area contributed by atoms with Gasteiger partial charge in [-0.1, -0.05) is 95.9 Å². The second-order valence-corrected chi connectivity index (χ2v) is 7.68. The van der Waals surface area contributed by atoms with Gasteiger partial charge in [0.25, 0.3) is 0 Å². The minimum absolute atomic E-state index is 0.827. The van der Waals surface area contributed by atoms with E-state index in [-0.39, 0.29) is 0 Å². The number of fused-ring (bicyclic) bond motifs is 4. The number of rotatable bonds is 0. The van der Waals surface area contributed by atoms with E-state index in [1.807, 2.05) is 97.1 Å². The number of hydrogen-bond donors (Lipinski definition) is 0. The fourth-order valence-corrected chi connectivity index (χ4v) is 3.47. The Morgan fingerprint density at radius 2 is 0.389 bits per heavy atom. The predicted octanol–water partition coefficient (Wildman–Crippen LogP) is 5.61. The molecule has 1 aliphatic rings. The van der Waals surface area contributed by atoms with Crippen molar-refractivity contribution in [1.82, 2.24) is 0 Å². The van der Waals surface area contributed by atoms with Gasteiger partial charge in [-0.2, -0.15) is 0 Å². The molecule has 0 spiro atoms. The van der Waals surface area contributed by atoms with E-state index in [4.69, 9.17) is 0 Å². The molecule has 0 radical (unpaired) electrons. The van der Waals surface area contributed by atoms with Gasteiger partial charge >= 0.3 is 0 Å². The fourth-order valence-electron chi connectivity index (χ4n) is 3.47. The molecular weight excluding hydrogens is 432 g/mol. The van der Waals surface area contributed by atoms with Gasteiger partial charge in [-0.15, -0.1) is 0 Å². The van der Waals surface area contributed by atoms with Gasteiger partial charge < -0.3 is 0 Å². The minimum Gasteiger partial charge on any atom is -0.0609 e. The van der Waals surface area contributed by atoms with Crippen molar-refractivity contribution in [1.29, 1.82) is 0 Å². The van der Waals surface area contributed by atoms with Gasteiger partial charge in [0.2, 0.25) is 0 Å². The van der Waals surface area contributed by atoms with Gasteiger partial charge in [-0.3, -0.25) is 0 Å². The van der Waals surface area contributed by atoms with Gasteiger partial charge in [0.1, 0.15) is 0 Å². The Bertz CT molecular complexity index is 1590. The van der Waals surface area contributed by atoms with Crippen molar-refractivity contribution in [2.24, 2.45) is 0 Å². The van der Waals surface area contributed by atoms with Gasteiger partial charge in [0.15, 0.2) is 0 Å². The zero-order valence-electron chi connectivity index (χ0n) is 19.2. The van der Waals surface area contributed by atoms with Gasteiger partial charge in [-0.25, -0.2) is 0 Å². The minimum atomic E-state index is 0.827. The van der Waals surface area contributed by atoms with Crippen molar-refractivity contribution in [2.45, 2.75) is 0 Å². The summed E-state index contributed by atoms with van der Waals surface area (Å²) >= 11 is 0. The van der Waals surface area contributed by atoms with Crippen LogP contribution in [0.2, 0.25) is 0 Å². The second kappa shape index (κ2) is 10.9. The summed E-state index contributed by atoms with van der Waals surface area (Å²) in [7, 11) is 0. The van der Waals surface area contributed by atoms with Crippen LogP contribution in [0.4, 0.5) is 0 Å². The SMILES string of the molecule is C1#Cc2ccccc2C#Cc2ccccc2C#CC#Cc2ccccc2C#Cc2ccccc2C#C1. The quantitative estimate of drug-likeness (QED) is 0.307. The van der Waals surface area contributed by atoms with Crippen molar-refractivity contribution in [3.63, 3.8) is 0 Å². The molecule has 4 aromatic rings. The van der Waals surface area contributed by atoms with E-state index >= 15 is 0 Å². The van der Waals surface area contributed by atoms with Crippen LogP contribution >= 0.6 is 0 Å². The van der Waals surface area contributed by atoms with Crippen LogP contribution in [0.25, 0.3) is 0 Å². The molecule has 4 aromatic carbocycles. The fraction of sp³-hybridized carbons (Fsp3) is 0. The molecule has 0 N–H and O–H groups in total. The highest BCUT2D eigenvalue weighted by Gasteiger charge is 1.99. The first-order valence-electron chi connectivity index (χ1n) is 11.3.